The van der Waals surface area contributed by atoms with Crippen LogP contribution in [0.25, 0.3) is 5.57 Å². The summed E-state index contributed by atoms with van der Waals surface area (Å²) in [6, 6.07) is 5.97. The van der Waals surface area contributed by atoms with Crippen LogP contribution < -0.4 is 0 Å². The van der Waals surface area contributed by atoms with Gasteiger partial charge in [0.25, 0.3) is 0 Å². The highest BCUT2D eigenvalue weighted by Crippen LogP contribution is 2.59. The second kappa shape index (κ2) is 5.54. The third-order valence-electron chi connectivity index (χ3n) is 6.73. The molecule has 3 aliphatic carbocycles. The molecule has 0 heterocycles. The predicted octanol–water partition coefficient (Wildman–Crippen LogP) is 5.88. The molecule has 1 aromatic rings. The van der Waals surface area contributed by atoms with Gasteiger partial charge in [0.1, 0.15) is 5.75 Å². The molecule has 0 spiro atoms. The van der Waals surface area contributed by atoms with E-state index in [2.05, 4.69) is 32.1 Å². The number of aromatic hydroxyl groups is 1. The minimum Gasteiger partial charge on any atom is -0.508 e. The monoisotopic (exact) mass is 308 g/mol. The number of fused-ring (bicyclic) bond motifs is 5. The Morgan fingerprint density at radius 1 is 1.26 bits per heavy atom. The quantitative estimate of drug-likeness (QED) is 0.691. The van der Waals surface area contributed by atoms with Crippen molar-refractivity contribution in [3.05, 3.63) is 47.1 Å². The average Bonchev–Trinajstić information content (AvgIpc) is 2.89. The van der Waals surface area contributed by atoms with Gasteiger partial charge < -0.3 is 5.11 Å². The summed E-state index contributed by atoms with van der Waals surface area (Å²) in [7, 11) is 0. The molecule has 1 heteroatoms. The van der Waals surface area contributed by atoms with Crippen LogP contribution in [0, 0.1) is 17.3 Å². The van der Waals surface area contributed by atoms with Crippen molar-refractivity contribution in [2.24, 2.45) is 17.3 Å². The van der Waals surface area contributed by atoms with Crippen LogP contribution >= 0.6 is 0 Å². The lowest BCUT2D eigenvalue weighted by atomic mass is 9.58. The van der Waals surface area contributed by atoms with Gasteiger partial charge in [-0.1, -0.05) is 44.1 Å². The molecule has 0 bridgehead atoms. The fraction of sp³-hybridized carbons (Fsp3) is 0.545. The third-order valence-corrected chi connectivity index (χ3v) is 6.73. The Balaban J connectivity index is 1.67. The molecule has 0 aliphatic heterocycles. The van der Waals surface area contributed by atoms with Gasteiger partial charge in [-0.25, -0.2) is 0 Å². The number of phenolic OH excluding ortho intramolecular Hbond substituents is 1. The lowest BCUT2D eigenvalue weighted by Crippen LogP contribution is -2.36. The molecule has 0 aromatic heterocycles. The number of hydrogen-bond acceptors (Lipinski definition) is 1. The summed E-state index contributed by atoms with van der Waals surface area (Å²) in [6.07, 6.45) is 13.8. The van der Waals surface area contributed by atoms with Crippen molar-refractivity contribution < 1.29 is 5.11 Å². The largest absolute Gasteiger partial charge is 0.508 e. The summed E-state index contributed by atoms with van der Waals surface area (Å²) in [6.45, 7) is 4.81. The smallest absolute Gasteiger partial charge is 0.115 e. The van der Waals surface area contributed by atoms with Crippen LogP contribution in [-0.4, -0.2) is 5.11 Å². The van der Waals surface area contributed by atoms with Gasteiger partial charge in [0.15, 0.2) is 0 Å². The fourth-order valence-electron chi connectivity index (χ4n) is 5.38. The molecule has 122 valence electrons. The summed E-state index contributed by atoms with van der Waals surface area (Å²) in [5.74, 6) is 1.91. The number of phenols is 1. The number of aryl methyl sites for hydroxylation is 1. The van der Waals surface area contributed by atoms with E-state index in [1.807, 2.05) is 12.1 Å². The van der Waals surface area contributed by atoms with Gasteiger partial charge in [0, 0.05) is 0 Å². The second-order valence-corrected chi connectivity index (χ2v) is 7.94. The molecule has 0 amide bonds. The van der Waals surface area contributed by atoms with Crippen molar-refractivity contribution in [2.75, 3.05) is 0 Å². The van der Waals surface area contributed by atoms with Crippen molar-refractivity contribution in [1.29, 1.82) is 0 Å². The van der Waals surface area contributed by atoms with Gasteiger partial charge in [0.05, 0.1) is 0 Å². The van der Waals surface area contributed by atoms with E-state index in [1.54, 1.807) is 11.1 Å². The Morgan fingerprint density at radius 2 is 2.13 bits per heavy atom. The van der Waals surface area contributed by atoms with Gasteiger partial charge in [-0.2, -0.15) is 0 Å². The van der Waals surface area contributed by atoms with E-state index >= 15 is 0 Å². The molecule has 1 N–H and O–H groups in total. The molecular weight excluding hydrogens is 280 g/mol. The lowest BCUT2D eigenvalue weighted by Gasteiger charge is -2.46. The Bertz CT molecular complexity index is 681. The number of rotatable bonds is 3. The van der Waals surface area contributed by atoms with Crippen molar-refractivity contribution in [3.63, 3.8) is 0 Å². The first-order valence-electron chi connectivity index (χ1n) is 9.35. The van der Waals surface area contributed by atoms with Crippen LogP contribution in [-0.2, 0) is 6.42 Å². The van der Waals surface area contributed by atoms with Crippen LogP contribution in [0.1, 0.15) is 63.5 Å². The topological polar surface area (TPSA) is 20.2 Å². The first-order chi connectivity index (χ1) is 11.1. The van der Waals surface area contributed by atoms with Crippen LogP contribution in [0.4, 0.5) is 0 Å². The van der Waals surface area contributed by atoms with Gasteiger partial charge >= 0.3 is 0 Å². The number of allylic oxidation sites excluding steroid dienone is 4. The number of benzene rings is 1. The van der Waals surface area contributed by atoms with E-state index in [0.29, 0.717) is 17.1 Å². The highest BCUT2D eigenvalue weighted by molar-refractivity contribution is 5.74. The normalized spacial score (nSPS) is 31.7. The maximum absolute atomic E-state index is 9.76. The van der Waals surface area contributed by atoms with Crippen molar-refractivity contribution >= 4 is 5.57 Å². The summed E-state index contributed by atoms with van der Waals surface area (Å²) in [4.78, 5) is 0. The van der Waals surface area contributed by atoms with Gasteiger partial charge in [-0.05, 0) is 84.6 Å². The van der Waals surface area contributed by atoms with Gasteiger partial charge in [-0.3, -0.25) is 0 Å². The van der Waals surface area contributed by atoms with E-state index in [4.69, 9.17) is 0 Å². The maximum atomic E-state index is 9.76. The Kier molecular flexibility index (Phi) is 3.63. The van der Waals surface area contributed by atoms with E-state index < -0.39 is 0 Å². The third kappa shape index (κ3) is 2.28. The van der Waals surface area contributed by atoms with Crippen molar-refractivity contribution in [2.45, 2.75) is 58.8 Å². The summed E-state index contributed by atoms with van der Waals surface area (Å²) < 4.78 is 0. The summed E-state index contributed by atoms with van der Waals surface area (Å²) >= 11 is 0. The molecule has 0 saturated carbocycles. The van der Waals surface area contributed by atoms with Crippen LogP contribution in [0.2, 0.25) is 0 Å². The minimum absolute atomic E-state index is 0.401. The fourth-order valence-corrected chi connectivity index (χ4v) is 5.38. The average molecular weight is 308 g/mol. The number of unbranched alkanes of at least 4 members (excludes halogenated alkanes) is 1. The van der Waals surface area contributed by atoms with Crippen molar-refractivity contribution in [3.8, 4) is 5.75 Å². The maximum Gasteiger partial charge on any atom is 0.115 e. The zero-order valence-electron chi connectivity index (χ0n) is 14.4. The van der Waals surface area contributed by atoms with E-state index in [1.165, 1.54) is 49.7 Å². The van der Waals surface area contributed by atoms with Crippen molar-refractivity contribution in [1.82, 2.24) is 0 Å². The highest BCUT2D eigenvalue weighted by Gasteiger charge is 2.48. The Labute approximate surface area is 140 Å². The van der Waals surface area contributed by atoms with Crippen LogP contribution in [0.3, 0.4) is 0 Å². The lowest BCUT2D eigenvalue weighted by molar-refractivity contribution is 0.187. The first-order valence-corrected chi connectivity index (χ1v) is 9.35. The molecule has 1 nitrogen and oxygen atoms in total. The molecular formula is C22H28O. The second-order valence-electron chi connectivity index (χ2n) is 7.94. The predicted molar refractivity (Wildman–Crippen MR) is 96.3 cm³/mol. The zero-order valence-corrected chi connectivity index (χ0v) is 14.4. The van der Waals surface area contributed by atoms with E-state index in [-0.39, 0.29) is 0 Å². The Hall–Kier alpha value is -1.50. The number of hydrogen-bond donors (Lipinski definition) is 1. The zero-order chi connectivity index (χ0) is 16.0. The SMILES string of the molecule is CCCCC1=CCC2C3CCc4cc(O)ccc4C3=CCC12C. The molecule has 3 unspecified atom stereocenters. The molecule has 0 fully saturated rings. The highest BCUT2D eigenvalue weighted by atomic mass is 16.3. The molecule has 3 atom stereocenters. The van der Waals surface area contributed by atoms with E-state index in [9.17, 15) is 5.11 Å². The molecule has 23 heavy (non-hydrogen) atoms. The van der Waals surface area contributed by atoms with Gasteiger partial charge in [-0.15, -0.1) is 0 Å². The summed E-state index contributed by atoms with van der Waals surface area (Å²) in [5, 5.41) is 9.76. The standard InChI is InChI=1S/C22H28O/c1-3-4-5-16-7-11-21-20-9-6-15-14-17(23)8-10-18(15)19(20)12-13-22(16,21)2/h7-8,10,12,14,20-21,23H,3-6,9,11,13H2,1-2H3. The van der Waals surface area contributed by atoms with Crippen LogP contribution in [0.5, 0.6) is 5.75 Å². The molecule has 4 rings (SSSR count). The van der Waals surface area contributed by atoms with Crippen LogP contribution in [0.15, 0.2) is 35.9 Å². The summed E-state index contributed by atoms with van der Waals surface area (Å²) in [5.41, 5.74) is 6.45. The minimum atomic E-state index is 0.401. The first kappa shape index (κ1) is 15.1. The van der Waals surface area contributed by atoms with E-state index in [0.717, 1.165) is 12.3 Å². The Morgan fingerprint density at radius 3 is 2.96 bits per heavy atom. The molecule has 3 aliphatic rings. The van der Waals surface area contributed by atoms with Gasteiger partial charge in [0.2, 0.25) is 0 Å². The molecule has 1 aromatic carbocycles. The molecule has 0 saturated heterocycles. The molecule has 0 radical (unpaired) electrons.